The van der Waals surface area contributed by atoms with Gasteiger partial charge in [0.05, 0.1) is 18.2 Å². The zero-order valence-corrected chi connectivity index (χ0v) is 7.32. The standard InChI is InChI=1S/C9H15NO2/c1-9-7(6-11)2-4-10(9)5-3-8(9)12/h2,8,11-12H,3-6H2,1H3. The van der Waals surface area contributed by atoms with Crippen LogP contribution >= 0.6 is 0 Å². The van der Waals surface area contributed by atoms with Gasteiger partial charge in [-0.3, -0.25) is 4.90 Å². The summed E-state index contributed by atoms with van der Waals surface area (Å²) in [6.07, 6.45) is 2.55. The highest BCUT2D eigenvalue weighted by atomic mass is 16.3. The van der Waals surface area contributed by atoms with Gasteiger partial charge in [0, 0.05) is 13.1 Å². The summed E-state index contributed by atoms with van der Waals surface area (Å²) in [6, 6.07) is 0. The quantitative estimate of drug-likeness (QED) is 0.532. The van der Waals surface area contributed by atoms with Gasteiger partial charge >= 0.3 is 0 Å². The first-order valence-electron chi connectivity index (χ1n) is 4.43. The summed E-state index contributed by atoms with van der Waals surface area (Å²) in [7, 11) is 0. The predicted octanol–water partition coefficient (Wildman–Crippen LogP) is -0.256. The van der Waals surface area contributed by atoms with E-state index < -0.39 is 0 Å². The van der Waals surface area contributed by atoms with Crippen LogP contribution in [0, 0.1) is 0 Å². The van der Waals surface area contributed by atoms with Crippen molar-refractivity contribution in [2.75, 3.05) is 19.7 Å². The van der Waals surface area contributed by atoms with Gasteiger partial charge in [-0.15, -0.1) is 0 Å². The fourth-order valence-corrected chi connectivity index (χ4v) is 2.35. The Bertz CT molecular complexity index is 227. The van der Waals surface area contributed by atoms with Crippen LogP contribution in [0.15, 0.2) is 11.6 Å². The van der Waals surface area contributed by atoms with Gasteiger partial charge in [-0.25, -0.2) is 0 Å². The number of hydrogen-bond acceptors (Lipinski definition) is 3. The largest absolute Gasteiger partial charge is 0.392 e. The van der Waals surface area contributed by atoms with E-state index in [1.54, 1.807) is 0 Å². The summed E-state index contributed by atoms with van der Waals surface area (Å²) in [4.78, 5) is 2.23. The van der Waals surface area contributed by atoms with Crippen LogP contribution in [0.2, 0.25) is 0 Å². The molecule has 2 aliphatic rings. The third kappa shape index (κ3) is 0.815. The lowest BCUT2D eigenvalue weighted by atomic mass is 9.89. The third-order valence-corrected chi connectivity index (χ3v) is 3.36. The maximum absolute atomic E-state index is 9.77. The van der Waals surface area contributed by atoms with Gasteiger partial charge in [-0.05, 0) is 18.9 Å². The van der Waals surface area contributed by atoms with Crippen molar-refractivity contribution < 1.29 is 10.2 Å². The molecule has 0 bridgehead atoms. The maximum Gasteiger partial charge on any atom is 0.0772 e. The van der Waals surface area contributed by atoms with Crippen LogP contribution in [0.1, 0.15) is 13.3 Å². The number of rotatable bonds is 1. The Hall–Kier alpha value is -0.380. The van der Waals surface area contributed by atoms with E-state index in [2.05, 4.69) is 4.90 Å². The molecule has 12 heavy (non-hydrogen) atoms. The Kier molecular flexibility index (Phi) is 1.75. The first-order chi connectivity index (χ1) is 5.69. The molecule has 0 aromatic rings. The molecule has 0 saturated carbocycles. The van der Waals surface area contributed by atoms with Gasteiger partial charge < -0.3 is 10.2 Å². The molecule has 0 spiro atoms. The smallest absolute Gasteiger partial charge is 0.0772 e. The molecule has 3 nitrogen and oxygen atoms in total. The minimum Gasteiger partial charge on any atom is -0.392 e. The van der Waals surface area contributed by atoms with E-state index in [1.807, 2.05) is 13.0 Å². The second-order valence-corrected chi connectivity index (χ2v) is 3.79. The fraction of sp³-hybridized carbons (Fsp3) is 0.778. The molecule has 1 saturated heterocycles. The lowest BCUT2D eigenvalue weighted by Gasteiger charge is -2.33. The third-order valence-electron chi connectivity index (χ3n) is 3.36. The van der Waals surface area contributed by atoms with Crippen LogP contribution in [0.4, 0.5) is 0 Å². The predicted molar refractivity (Wildman–Crippen MR) is 45.8 cm³/mol. The van der Waals surface area contributed by atoms with Gasteiger partial charge in [-0.2, -0.15) is 0 Å². The second-order valence-electron chi connectivity index (χ2n) is 3.79. The van der Waals surface area contributed by atoms with Gasteiger partial charge in [0.2, 0.25) is 0 Å². The number of nitrogens with zero attached hydrogens (tertiary/aromatic N) is 1. The summed E-state index contributed by atoms with van der Waals surface area (Å²) in [6.45, 7) is 3.91. The van der Waals surface area contributed by atoms with E-state index in [-0.39, 0.29) is 18.2 Å². The minimum atomic E-state index is -0.307. The van der Waals surface area contributed by atoms with Gasteiger partial charge in [0.15, 0.2) is 0 Å². The first kappa shape index (κ1) is 8.23. The van der Waals surface area contributed by atoms with Crippen LogP contribution in [0.5, 0.6) is 0 Å². The van der Waals surface area contributed by atoms with Crippen LogP contribution < -0.4 is 0 Å². The van der Waals surface area contributed by atoms with E-state index in [4.69, 9.17) is 5.11 Å². The first-order valence-corrected chi connectivity index (χ1v) is 4.43. The lowest BCUT2D eigenvalue weighted by molar-refractivity contribution is 0.0759. The lowest BCUT2D eigenvalue weighted by Crippen LogP contribution is -2.46. The van der Waals surface area contributed by atoms with Crippen LogP contribution in [0.25, 0.3) is 0 Å². The maximum atomic E-state index is 9.77. The number of aliphatic hydroxyl groups is 2. The molecule has 0 amide bonds. The number of hydrogen-bond donors (Lipinski definition) is 2. The van der Waals surface area contributed by atoms with Crippen LogP contribution in [-0.4, -0.2) is 46.5 Å². The van der Waals surface area contributed by atoms with Crippen LogP contribution in [-0.2, 0) is 0 Å². The molecule has 1 fully saturated rings. The fourth-order valence-electron chi connectivity index (χ4n) is 2.35. The average molecular weight is 169 g/mol. The Morgan fingerprint density at radius 3 is 3.17 bits per heavy atom. The van der Waals surface area contributed by atoms with E-state index in [1.165, 1.54) is 0 Å². The Balaban J connectivity index is 2.31. The van der Waals surface area contributed by atoms with Crippen molar-refractivity contribution in [2.45, 2.75) is 25.0 Å². The molecule has 2 rings (SSSR count). The van der Waals surface area contributed by atoms with Gasteiger partial charge in [0.1, 0.15) is 0 Å². The number of aliphatic hydroxyl groups excluding tert-OH is 2. The Morgan fingerprint density at radius 1 is 1.75 bits per heavy atom. The van der Waals surface area contributed by atoms with Crippen molar-refractivity contribution in [3.05, 3.63) is 11.6 Å². The van der Waals surface area contributed by atoms with Crippen LogP contribution in [0.3, 0.4) is 0 Å². The molecular formula is C9H15NO2. The van der Waals surface area contributed by atoms with Crippen molar-refractivity contribution >= 4 is 0 Å². The summed E-state index contributed by atoms with van der Waals surface area (Å²) in [5, 5.41) is 18.9. The molecule has 0 radical (unpaired) electrons. The number of fused-ring (bicyclic) bond motifs is 1. The molecule has 0 aliphatic carbocycles. The SMILES string of the molecule is CC12C(CO)=CCN1CCC2O. The Morgan fingerprint density at radius 2 is 2.50 bits per heavy atom. The Labute approximate surface area is 72.3 Å². The van der Waals surface area contributed by atoms with E-state index in [0.29, 0.717) is 0 Å². The molecular weight excluding hydrogens is 154 g/mol. The van der Waals surface area contributed by atoms with Crippen molar-refractivity contribution in [1.29, 1.82) is 0 Å². The summed E-state index contributed by atoms with van der Waals surface area (Å²) in [5.41, 5.74) is 0.710. The van der Waals surface area contributed by atoms with E-state index >= 15 is 0 Å². The van der Waals surface area contributed by atoms with Crippen molar-refractivity contribution in [1.82, 2.24) is 4.90 Å². The molecule has 2 N–H and O–H groups in total. The molecule has 2 heterocycles. The highest BCUT2D eigenvalue weighted by Crippen LogP contribution is 2.39. The molecule has 0 aromatic heterocycles. The van der Waals surface area contributed by atoms with Crippen molar-refractivity contribution in [2.24, 2.45) is 0 Å². The minimum absolute atomic E-state index is 0.0735. The van der Waals surface area contributed by atoms with Gasteiger partial charge in [0.25, 0.3) is 0 Å². The zero-order valence-electron chi connectivity index (χ0n) is 7.32. The monoisotopic (exact) mass is 169 g/mol. The van der Waals surface area contributed by atoms with E-state index in [0.717, 1.165) is 25.1 Å². The molecule has 2 aliphatic heterocycles. The zero-order chi connectivity index (χ0) is 8.77. The normalized spacial score (nSPS) is 41.6. The molecule has 2 atom stereocenters. The van der Waals surface area contributed by atoms with E-state index in [9.17, 15) is 5.11 Å². The van der Waals surface area contributed by atoms with Crippen molar-refractivity contribution in [3.8, 4) is 0 Å². The topological polar surface area (TPSA) is 43.7 Å². The highest BCUT2D eigenvalue weighted by Gasteiger charge is 2.48. The molecule has 0 aromatic carbocycles. The summed E-state index contributed by atoms with van der Waals surface area (Å²) < 4.78 is 0. The second kappa shape index (κ2) is 2.55. The molecule has 68 valence electrons. The average Bonchev–Trinajstić information content (AvgIpc) is 2.51. The summed E-state index contributed by atoms with van der Waals surface area (Å²) >= 11 is 0. The van der Waals surface area contributed by atoms with Gasteiger partial charge in [-0.1, -0.05) is 6.08 Å². The molecule has 3 heteroatoms. The molecule has 2 unspecified atom stereocenters. The van der Waals surface area contributed by atoms with Crippen molar-refractivity contribution in [3.63, 3.8) is 0 Å². The highest BCUT2D eigenvalue weighted by molar-refractivity contribution is 5.30. The summed E-state index contributed by atoms with van der Waals surface area (Å²) in [5.74, 6) is 0.